The Balaban J connectivity index is 3.15. The first-order valence-electron chi connectivity index (χ1n) is 4.99. The van der Waals surface area contributed by atoms with Crippen LogP contribution in [0.4, 0.5) is 0 Å². The third-order valence-electron chi connectivity index (χ3n) is 2.05. The molecular weight excluding hydrogens is 162 g/mol. The second-order valence-corrected chi connectivity index (χ2v) is 3.35. The maximum Gasteiger partial charge on any atom is 0.235 e. The van der Waals surface area contributed by atoms with Crippen LogP contribution in [0.5, 0.6) is 0 Å². The topological polar surface area (TPSA) is 29.4 Å². The van der Waals surface area contributed by atoms with Crippen LogP contribution in [0, 0.1) is 0 Å². The molecule has 0 amide bonds. The molecule has 1 atom stereocenters. The summed E-state index contributed by atoms with van der Waals surface area (Å²) in [7, 11) is 0. The minimum absolute atomic E-state index is 0.150. The van der Waals surface area contributed by atoms with Crippen LogP contribution >= 0.6 is 0 Å². The van der Waals surface area contributed by atoms with Crippen LogP contribution in [0.1, 0.15) is 45.4 Å². The molecule has 74 valence electrons. The first kappa shape index (κ1) is 12.1. The zero-order chi connectivity index (χ0) is 9.94. The molecule has 0 heterocycles. The molecule has 0 aliphatic carbocycles. The van der Waals surface area contributed by atoms with E-state index in [-0.39, 0.29) is 6.04 Å². The minimum atomic E-state index is 0.150. The average Bonchev–Trinajstić information content (AvgIpc) is 2.11. The quantitative estimate of drug-likeness (QED) is 0.244. The van der Waals surface area contributed by atoms with Crippen LogP contribution in [-0.2, 0) is 4.79 Å². The summed E-state index contributed by atoms with van der Waals surface area (Å²) in [4.78, 5) is 13.5. The molecule has 0 radical (unpaired) electrons. The second-order valence-electron chi connectivity index (χ2n) is 3.35. The monoisotopic (exact) mass is 181 g/mol. The Kier molecular flexibility index (Phi) is 8.59. The Morgan fingerprint density at radius 1 is 1.38 bits per heavy atom. The molecule has 2 nitrogen and oxygen atoms in total. The molecule has 0 aromatic heterocycles. The number of carbonyl (C=O) groups excluding carboxylic acids is 1. The van der Waals surface area contributed by atoms with E-state index >= 15 is 0 Å². The van der Waals surface area contributed by atoms with Gasteiger partial charge in [0.25, 0.3) is 0 Å². The fraction of sp³-hybridized carbons (Fsp3) is 0.727. The highest BCUT2D eigenvalue weighted by Gasteiger charge is 1.97. The Hall–Kier alpha value is -0.880. The van der Waals surface area contributed by atoms with E-state index in [2.05, 4.69) is 11.6 Å². The van der Waals surface area contributed by atoms with Gasteiger partial charge in [-0.3, -0.25) is 0 Å². The molecule has 0 fully saturated rings. The highest BCUT2D eigenvalue weighted by atomic mass is 16.1. The molecule has 1 unspecified atom stereocenters. The van der Waals surface area contributed by atoms with Gasteiger partial charge in [0.2, 0.25) is 6.08 Å². The summed E-state index contributed by atoms with van der Waals surface area (Å²) in [6, 6.07) is 0.150. The number of rotatable bonds is 8. The van der Waals surface area contributed by atoms with Crippen molar-refractivity contribution in [2.75, 3.05) is 0 Å². The van der Waals surface area contributed by atoms with Crippen molar-refractivity contribution in [2.24, 2.45) is 4.99 Å². The Labute approximate surface area is 80.8 Å². The lowest BCUT2D eigenvalue weighted by Crippen LogP contribution is -1.96. The first-order valence-corrected chi connectivity index (χ1v) is 4.99. The van der Waals surface area contributed by atoms with Crippen LogP contribution in [0.3, 0.4) is 0 Å². The van der Waals surface area contributed by atoms with Crippen molar-refractivity contribution in [1.29, 1.82) is 0 Å². The van der Waals surface area contributed by atoms with E-state index < -0.39 is 0 Å². The summed E-state index contributed by atoms with van der Waals surface area (Å²) < 4.78 is 0. The van der Waals surface area contributed by atoms with E-state index in [9.17, 15) is 4.79 Å². The zero-order valence-corrected chi connectivity index (χ0v) is 8.46. The molecular formula is C11H19NO. The average molecular weight is 181 g/mol. The number of hydrogen-bond acceptors (Lipinski definition) is 2. The lowest BCUT2D eigenvalue weighted by atomic mass is 10.1. The van der Waals surface area contributed by atoms with Gasteiger partial charge in [0.1, 0.15) is 0 Å². The van der Waals surface area contributed by atoms with Crippen molar-refractivity contribution in [3.63, 3.8) is 0 Å². The molecule has 2 heteroatoms. The molecule has 0 saturated heterocycles. The normalized spacial score (nSPS) is 11.8. The van der Waals surface area contributed by atoms with Gasteiger partial charge in [-0.1, -0.05) is 25.3 Å². The van der Waals surface area contributed by atoms with E-state index in [1.54, 1.807) is 6.08 Å². The fourth-order valence-electron chi connectivity index (χ4n) is 1.24. The van der Waals surface area contributed by atoms with Crippen molar-refractivity contribution in [2.45, 2.75) is 51.5 Å². The lowest BCUT2D eigenvalue weighted by molar-refractivity contribution is 0.542. The zero-order valence-electron chi connectivity index (χ0n) is 8.46. The lowest BCUT2D eigenvalue weighted by Gasteiger charge is -2.02. The standard InChI is InChI=1S/C11H19NO/c1-3-4-5-6-7-8-9-11(2)12-10-13/h3,11H,1,4-9H2,2H3. The Morgan fingerprint density at radius 3 is 2.69 bits per heavy atom. The van der Waals surface area contributed by atoms with Gasteiger partial charge >= 0.3 is 0 Å². The third kappa shape index (κ3) is 9.03. The number of hydrogen-bond donors (Lipinski definition) is 0. The van der Waals surface area contributed by atoms with Gasteiger partial charge < -0.3 is 0 Å². The predicted molar refractivity (Wildman–Crippen MR) is 55.5 cm³/mol. The van der Waals surface area contributed by atoms with Crippen LogP contribution in [0.2, 0.25) is 0 Å². The van der Waals surface area contributed by atoms with Gasteiger partial charge in [0, 0.05) is 0 Å². The maximum absolute atomic E-state index is 9.89. The van der Waals surface area contributed by atoms with Crippen LogP contribution in [0.25, 0.3) is 0 Å². The molecule has 0 N–H and O–H groups in total. The number of allylic oxidation sites excluding steroid dienone is 1. The fourth-order valence-corrected chi connectivity index (χ4v) is 1.24. The van der Waals surface area contributed by atoms with Crippen LogP contribution in [0.15, 0.2) is 17.6 Å². The predicted octanol–water partition coefficient (Wildman–Crippen LogP) is 3.24. The van der Waals surface area contributed by atoms with Gasteiger partial charge in [-0.05, 0) is 26.2 Å². The van der Waals surface area contributed by atoms with Crippen LogP contribution in [-0.4, -0.2) is 12.1 Å². The van der Waals surface area contributed by atoms with E-state index in [4.69, 9.17) is 0 Å². The molecule has 0 aromatic rings. The van der Waals surface area contributed by atoms with Gasteiger partial charge in [-0.25, -0.2) is 9.79 Å². The van der Waals surface area contributed by atoms with E-state index in [1.807, 2.05) is 13.0 Å². The van der Waals surface area contributed by atoms with Crippen molar-refractivity contribution in [1.82, 2.24) is 0 Å². The molecule has 0 aromatic carbocycles. The van der Waals surface area contributed by atoms with Crippen LogP contribution < -0.4 is 0 Å². The molecule has 0 spiro atoms. The molecule has 13 heavy (non-hydrogen) atoms. The highest BCUT2D eigenvalue weighted by Crippen LogP contribution is 2.08. The molecule has 0 aliphatic heterocycles. The van der Waals surface area contributed by atoms with Gasteiger partial charge in [-0.2, -0.15) is 0 Å². The van der Waals surface area contributed by atoms with Crippen molar-refractivity contribution in [3.05, 3.63) is 12.7 Å². The SMILES string of the molecule is C=CCCCCCCC(C)N=C=O. The third-order valence-corrected chi connectivity index (χ3v) is 2.05. The number of unbranched alkanes of at least 4 members (excludes halogenated alkanes) is 4. The Morgan fingerprint density at radius 2 is 2.08 bits per heavy atom. The highest BCUT2D eigenvalue weighted by molar-refractivity contribution is 5.33. The van der Waals surface area contributed by atoms with E-state index in [0.717, 1.165) is 19.3 Å². The van der Waals surface area contributed by atoms with Crippen molar-refractivity contribution >= 4 is 6.08 Å². The van der Waals surface area contributed by atoms with E-state index in [1.165, 1.54) is 19.3 Å². The van der Waals surface area contributed by atoms with Gasteiger partial charge in [0.15, 0.2) is 0 Å². The molecule has 0 aliphatic rings. The molecule has 0 rings (SSSR count). The summed E-state index contributed by atoms with van der Waals surface area (Å²) in [5, 5.41) is 0. The summed E-state index contributed by atoms with van der Waals surface area (Å²) in [5.41, 5.74) is 0. The smallest absolute Gasteiger partial charge is 0.211 e. The summed E-state index contributed by atoms with van der Waals surface area (Å²) in [6.07, 6.45) is 10.5. The number of isocyanates is 1. The largest absolute Gasteiger partial charge is 0.235 e. The van der Waals surface area contributed by atoms with Gasteiger partial charge in [-0.15, -0.1) is 6.58 Å². The first-order chi connectivity index (χ1) is 6.31. The van der Waals surface area contributed by atoms with Crippen molar-refractivity contribution < 1.29 is 4.79 Å². The van der Waals surface area contributed by atoms with Crippen molar-refractivity contribution in [3.8, 4) is 0 Å². The molecule has 0 bridgehead atoms. The second kappa shape index (κ2) is 9.21. The summed E-state index contributed by atoms with van der Waals surface area (Å²) in [6.45, 7) is 5.63. The summed E-state index contributed by atoms with van der Waals surface area (Å²) >= 11 is 0. The maximum atomic E-state index is 9.89. The Bertz CT molecular complexity index is 171. The number of aliphatic imine (C=N–C) groups is 1. The minimum Gasteiger partial charge on any atom is -0.211 e. The van der Waals surface area contributed by atoms with E-state index in [0.29, 0.717) is 0 Å². The number of nitrogens with zero attached hydrogens (tertiary/aromatic N) is 1. The van der Waals surface area contributed by atoms with Gasteiger partial charge in [0.05, 0.1) is 6.04 Å². The summed E-state index contributed by atoms with van der Waals surface area (Å²) in [5.74, 6) is 0. The molecule has 0 saturated carbocycles.